The van der Waals surface area contributed by atoms with E-state index in [-0.39, 0.29) is 5.91 Å². The molecule has 0 radical (unpaired) electrons. The van der Waals surface area contributed by atoms with Crippen LogP contribution in [0.4, 0.5) is 0 Å². The fraction of sp³-hybridized carbons (Fsp3) is 0.286. The Morgan fingerprint density at radius 1 is 1.32 bits per heavy atom. The van der Waals surface area contributed by atoms with Gasteiger partial charge in [0.25, 0.3) is 0 Å². The van der Waals surface area contributed by atoms with Gasteiger partial charge in [0.15, 0.2) is 0 Å². The lowest BCUT2D eigenvalue weighted by Crippen LogP contribution is -2.43. The number of aromatic amines is 1. The molecule has 3 aromatic rings. The maximum absolute atomic E-state index is 12.5. The van der Waals surface area contributed by atoms with Gasteiger partial charge in [-0.05, 0) is 49.1 Å². The molecule has 0 saturated carbocycles. The summed E-state index contributed by atoms with van der Waals surface area (Å²) in [6.45, 7) is 1.60. The number of H-pyrrole nitrogens is 1. The van der Waals surface area contributed by atoms with E-state index in [1.807, 2.05) is 35.4 Å². The zero-order valence-electron chi connectivity index (χ0n) is 15.4. The summed E-state index contributed by atoms with van der Waals surface area (Å²) in [6.07, 6.45) is 5.93. The van der Waals surface area contributed by atoms with Crippen LogP contribution in [0.2, 0.25) is 0 Å². The summed E-state index contributed by atoms with van der Waals surface area (Å²) in [6, 6.07) is 10.5. The molecule has 3 heterocycles. The number of carbonyl (C=O) groups excluding carboxylic acids is 1. The van der Waals surface area contributed by atoms with Crippen LogP contribution in [0.25, 0.3) is 10.9 Å². The third-order valence-corrected chi connectivity index (χ3v) is 5.00. The van der Waals surface area contributed by atoms with Gasteiger partial charge in [0.05, 0.1) is 11.6 Å². The van der Waals surface area contributed by atoms with Crippen LogP contribution in [0.3, 0.4) is 0 Å². The van der Waals surface area contributed by atoms with Gasteiger partial charge in [0, 0.05) is 42.5 Å². The molecule has 3 N–H and O–H groups in total. The molecule has 7 heteroatoms. The Balaban J connectivity index is 1.52. The molecule has 1 aliphatic rings. The highest BCUT2D eigenvalue weighted by Crippen LogP contribution is 2.27. The van der Waals surface area contributed by atoms with Gasteiger partial charge in [-0.2, -0.15) is 5.26 Å². The van der Waals surface area contributed by atoms with Crippen molar-refractivity contribution in [3.8, 4) is 17.7 Å². The minimum atomic E-state index is -0.554. The first-order chi connectivity index (χ1) is 13.6. The zero-order valence-corrected chi connectivity index (χ0v) is 15.4. The molecule has 1 fully saturated rings. The van der Waals surface area contributed by atoms with Crippen LogP contribution >= 0.6 is 0 Å². The molecule has 1 unspecified atom stereocenters. The number of hydrogen-bond donors (Lipinski definition) is 2. The van der Waals surface area contributed by atoms with Gasteiger partial charge in [-0.3, -0.25) is 4.79 Å². The maximum atomic E-state index is 12.5. The highest BCUT2D eigenvalue weighted by Gasteiger charge is 2.24. The lowest BCUT2D eigenvalue weighted by atomic mass is 10.0. The number of nitrogens with one attached hydrogen (secondary N) is 1. The molecule has 1 aromatic carbocycles. The van der Waals surface area contributed by atoms with Crippen molar-refractivity contribution in [2.45, 2.75) is 25.3 Å². The van der Waals surface area contributed by atoms with Gasteiger partial charge in [0.1, 0.15) is 11.8 Å². The Labute approximate surface area is 162 Å². The molecule has 1 amide bonds. The number of pyridine rings is 1. The predicted molar refractivity (Wildman–Crippen MR) is 105 cm³/mol. The number of carbonyl (C=O) groups is 1. The first kappa shape index (κ1) is 18.0. The molecule has 28 heavy (non-hydrogen) atoms. The van der Waals surface area contributed by atoms with Crippen molar-refractivity contribution >= 4 is 16.8 Å². The highest BCUT2D eigenvalue weighted by atomic mass is 16.5. The smallest absolute Gasteiger partial charge is 0.239 e. The number of rotatable bonds is 5. The van der Waals surface area contributed by atoms with E-state index in [2.05, 4.69) is 9.97 Å². The Bertz CT molecular complexity index is 1030. The van der Waals surface area contributed by atoms with E-state index in [1.165, 1.54) is 6.20 Å². The first-order valence-corrected chi connectivity index (χ1v) is 9.32. The van der Waals surface area contributed by atoms with Crippen molar-refractivity contribution < 1.29 is 9.53 Å². The van der Waals surface area contributed by atoms with E-state index >= 15 is 0 Å². The molecule has 142 valence electrons. The van der Waals surface area contributed by atoms with Gasteiger partial charge < -0.3 is 20.4 Å². The summed E-state index contributed by atoms with van der Waals surface area (Å²) in [5, 5.41) is 9.82. The molecule has 0 spiro atoms. The summed E-state index contributed by atoms with van der Waals surface area (Å²) in [5.74, 6) is 1.06. The number of benzene rings is 1. The predicted octanol–water partition coefficient (Wildman–Crippen LogP) is 2.72. The second-order valence-electron chi connectivity index (χ2n) is 6.96. The highest BCUT2D eigenvalue weighted by molar-refractivity contribution is 5.87. The molecule has 0 aliphatic carbocycles. The second kappa shape index (κ2) is 7.71. The third kappa shape index (κ3) is 3.68. The van der Waals surface area contributed by atoms with Crippen molar-refractivity contribution in [1.29, 1.82) is 5.26 Å². The standard InChI is InChI=1S/C21H21N5O2/c22-11-14-3-6-20(25-12-14)28-16-4-5-19-17(10-16)15(13-24-19)9-18(23)21(27)26-7-1-2-8-26/h3-6,10,12-13,18,24H,1-2,7-9,23H2. The van der Waals surface area contributed by atoms with E-state index in [4.69, 9.17) is 15.7 Å². The maximum Gasteiger partial charge on any atom is 0.239 e. The van der Waals surface area contributed by atoms with Crippen LogP contribution in [0.15, 0.2) is 42.7 Å². The lowest BCUT2D eigenvalue weighted by Gasteiger charge is -2.20. The lowest BCUT2D eigenvalue weighted by molar-refractivity contribution is -0.131. The van der Waals surface area contributed by atoms with Gasteiger partial charge >= 0.3 is 0 Å². The van der Waals surface area contributed by atoms with Crippen molar-refractivity contribution in [3.63, 3.8) is 0 Å². The van der Waals surface area contributed by atoms with E-state index < -0.39 is 6.04 Å². The number of nitrogens with two attached hydrogens (primary N) is 1. The van der Waals surface area contributed by atoms with E-state index in [1.54, 1.807) is 12.1 Å². The number of aromatic nitrogens is 2. The quantitative estimate of drug-likeness (QED) is 0.713. The molecule has 1 atom stereocenters. The van der Waals surface area contributed by atoms with Crippen molar-refractivity contribution in [3.05, 3.63) is 53.9 Å². The summed E-state index contributed by atoms with van der Waals surface area (Å²) in [7, 11) is 0. The zero-order chi connectivity index (χ0) is 19.5. The number of nitrogens with zero attached hydrogens (tertiary/aromatic N) is 3. The van der Waals surface area contributed by atoms with Gasteiger partial charge in [-0.25, -0.2) is 4.98 Å². The van der Waals surface area contributed by atoms with E-state index in [9.17, 15) is 4.79 Å². The monoisotopic (exact) mass is 375 g/mol. The van der Waals surface area contributed by atoms with E-state index in [0.717, 1.165) is 42.4 Å². The van der Waals surface area contributed by atoms with Crippen LogP contribution in [-0.4, -0.2) is 39.9 Å². The van der Waals surface area contributed by atoms with E-state index in [0.29, 0.717) is 23.6 Å². The summed E-state index contributed by atoms with van der Waals surface area (Å²) < 4.78 is 5.80. The molecule has 1 aliphatic heterocycles. The molecule has 4 rings (SSSR count). The van der Waals surface area contributed by atoms with Crippen molar-refractivity contribution in [1.82, 2.24) is 14.9 Å². The number of likely N-dealkylation sites (tertiary alicyclic amines) is 1. The van der Waals surface area contributed by atoms with Gasteiger partial charge in [0.2, 0.25) is 11.8 Å². The summed E-state index contributed by atoms with van der Waals surface area (Å²) >= 11 is 0. The Morgan fingerprint density at radius 2 is 2.14 bits per heavy atom. The topological polar surface area (TPSA) is 108 Å². The summed E-state index contributed by atoms with van der Waals surface area (Å²) in [5.41, 5.74) is 8.61. The number of fused-ring (bicyclic) bond motifs is 1. The average molecular weight is 375 g/mol. The first-order valence-electron chi connectivity index (χ1n) is 9.32. The Kier molecular flexibility index (Phi) is 4.96. The summed E-state index contributed by atoms with van der Waals surface area (Å²) in [4.78, 5) is 21.7. The van der Waals surface area contributed by atoms with Crippen molar-refractivity contribution in [2.75, 3.05) is 13.1 Å². The Morgan fingerprint density at radius 3 is 2.86 bits per heavy atom. The fourth-order valence-corrected chi connectivity index (χ4v) is 3.51. The molecule has 0 bridgehead atoms. The third-order valence-electron chi connectivity index (χ3n) is 5.00. The molecule has 1 saturated heterocycles. The van der Waals surface area contributed by atoms with Crippen LogP contribution in [0, 0.1) is 11.3 Å². The number of nitriles is 1. The number of ether oxygens (including phenoxy) is 1. The second-order valence-corrected chi connectivity index (χ2v) is 6.96. The van der Waals surface area contributed by atoms with Gasteiger partial charge in [-0.15, -0.1) is 0 Å². The number of hydrogen-bond acceptors (Lipinski definition) is 5. The minimum absolute atomic E-state index is 0.0148. The van der Waals surface area contributed by atoms with Crippen LogP contribution in [0.1, 0.15) is 24.0 Å². The van der Waals surface area contributed by atoms with Gasteiger partial charge in [-0.1, -0.05) is 0 Å². The van der Waals surface area contributed by atoms with Crippen LogP contribution in [-0.2, 0) is 11.2 Å². The van der Waals surface area contributed by atoms with Crippen molar-refractivity contribution in [2.24, 2.45) is 5.73 Å². The average Bonchev–Trinajstić information content (AvgIpc) is 3.38. The fourth-order valence-electron chi connectivity index (χ4n) is 3.51. The minimum Gasteiger partial charge on any atom is -0.439 e. The molecule has 7 nitrogen and oxygen atoms in total. The normalized spacial score (nSPS) is 14.8. The van der Waals surface area contributed by atoms with Crippen LogP contribution in [0.5, 0.6) is 11.6 Å². The SMILES string of the molecule is N#Cc1ccc(Oc2ccc3[nH]cc(CC(N)C(=O)N4CCCC4)c3c2)nc1. The van der Waals surface area contributed by atoms with Crippen LogP contribution < -0.4 is 10.5 Å². The molecular weight excluding hydrogens is 354 g/mol. The Hall–Kier alpha value is -3.37. The molecular formula is C21H21N5O2. The largest absolute Gasteiger partial charge is 0.439 e. The number of amides is 1. The molecule has 2 aromatic heterocycles.